The second-order valence-corrected chi connectivity index (χ2v) is 6.94. The van der Waals surface area contributed by atoms with Gasteiger partial charge in [-0.3, -0.25) is 14.5 Å². The molecule has 27 heavy (non-hydrogen) atoms. The first-order valence-corrected chi connectivity index (χ1v) is 9.48. The van der Waals surface area contributed by atoms with Gasteiger partial charge in [-0.05, 0) is 61.9 Å². The molecule has 0 saturated carbocycles. The average molecular weight is 368 g/mol. The van der Waals surface area contributed by atoms with Crippen molar-refractivity contribution >= 4 is 17.5 Å². The van der Waals surface area contributed by atoms with Crippen molar-refractivity contribution in [2.24, 2.45) is 0 Å². The molecule has 2 aromatic carbocycles. The van der Waals surface area contributed by atoms with Crippen LogP contribution in [0.4, 0.5) is 10.1 Å². The van der Waals surface area contributed by atoms with E-state index in [4.69, 9.17) is 0 Å². The van der Waals surface area contributed by atoms with Crippen LogP contribution in [0.2, 0.25) is 0 Å². The SMILES string of the molecule is C[C@H](C(=O)NCCCc1ccc(F)cc1)N1C(=O)CCCc2ccccc21. The maximum atomic E-state index is 12.9. The summed E-state index contributed by atoms with van der Waals surface area (Å²) in [5.74, 6) is -0.406. The zero-order valence-electron chi connectivity index (χ0n) is 15.6. The molecule has 4 nitrogen and oxygen atoms in total. The second-order valence-electron chi connectivity index (χ2n) is 6.94. The van der Waals surface area contributed by atoms with E-state index in [0.29, 0.717) is 13.0 Å². The molecule has 1 N–H and O–H groups in total. The van der Waals surface area contributed by atoms with Crippen LogP contribution in [0.3, 0.4) is 0 Å². The maximum Gasteiger partial charge on any atom is 0.242 e. The first kappa shape index (κ1) is 19.1. The predicted molar refractivity (Wildman–Crippen MR) is 104 cm³/mol. The van der Waals surface area contributed by atoms with Gasteiger partial charge in [0, 0.05) is 18.7 Å². The fraction of sp³-hybridized carbons (Fsp3) is 0.364. The van der Waals surface area contributed by atoms with Crippen molar-refractivity contribution in [2.75, 3.05) is 11.4 Å². The van der Waals surface area contributed by atoms with Crippen molar-refractivity contribution in [2.45, 2.75) is 45.1 Å². The minimum atomic E-state index is -0.553. The van der Waals surface area contributed by atoms with Crippen molar-refractivity contribution in [3.63, 3.8) is 0 Å². The number of fused-ring (bicyclic) bond motifs is 1. The highest BCUT2D eigenvalue weighted by Gasteiger charge is 2.30. The first-order valence-electron chi connectivity index (χ1n) is 9.48. The smallest absolute Gasteiger partial charge is 0.242 e. The van der Waals surface area contributed by atoms with Crippen LogP contribution < -0.4 is 10.2 Å². The van der Waals surface area contributed by atoms with Crippen LogP contribution in [-0.2, 0) is 22.4 Å². The third kappa shape index (κ3) is 4.73. The van der Waals surface area contributed by atoms with Gasteiger partial charge < -0.3 is 5.32 Å². The zero-order valence-corrected chi connectivity index (χ0v) is 15.6. The number of halogens is 1. The number of aryl methyl sites for hydroxylation is 2. The molecule has 1 aliphatic heterocycles. The number of anilines is 1. The number of benzene rings is 2. The lowest BCUT2D eigenvalue weighted by Gasteiger charge is -2.28. The third-order valence-corrected chi connectivity index (χ3v) is 4.98. The second kappa shape index (κ2) is 8.80. The number of para-hydroxylation sites is 1. The Morgan fingerprint density at radius 3 is 2.67 bits per heavy atom. The molecule has 1 heterocycles. The summed E-state index contributed by atoms with van der Waals surface area (Å²) < 4.78 is 12.9. The normalized spacial score (nSPS) is 15.0. The standard InChI is InChI=1S/C22H25FN2O2/c1-16(22(27)24-15-5-6-17-11-13-19(23)14-12-17)25-20-9-3-2-7-18(20)8-4-10-21(25)26/h2-3,7,9,11-14,16H,4-6,8,10,15H2,1H3,(H,24,27)/t16-/m1/s1. The summed E-state index contributed by atoms with van der Waals surface area (Å²) in [5.41, 5.74) is 2.99. The minimum Gasteiger partial charge on any atom is -0.354 e. The van der Waals surface area contributed by atoms with Gasteiger partial charge in [0.2, 0.25) is 11.8 Å². The summed E-state index contributed by atoms with van der Waals surface area (Å²) in [7, 11) is 0. The quantitative estimate of drug-likeness (QED) is 0.792. The van der Waals surface area contributed by atoms with E-state index in [-0.39, 0.29) is 17.6 Å². The van der Waals surface area contributed by atoms with Gasteiger partial charge in [-0.15, -0.1) is 0 Å². The summed E-state index contributed by atoms with van der Waals surface area (Å²) in [6, 6.07) is 13.6. The summed E-state index contributed by atoms with van der Waals surface area (Å²) in [6.45, 7) is 2.29. The maximum absolute atomic E-state index is 12.9. The van der Waals surface area contributed by atoms with Crippen molar-refractivity contribution in [1.29, 1.82) is 0 Å². The van der Waals surface area contributed by atoms with E-state index in [1.165, 1.54) is 12.1 Å². The van der Waals surface area contributed by atoms with Gasteiger partial charge >= 0.3 is 0 Å². The molecule has 3 rings (SSSR count). The van der Waals surface area contributed by atoms with Crippen LogP contribution in [0, 0.1) is 5.82 Å². The van der Waals surface area contributed by atoms with Crippen molar-refractivity contribution in [3.05, 3.63) is 65.5 Å². The van der Waals surface area contributed by atoms with Crippen molar-refractivity contribution in [1.82, 2.24) is 5.32 Å². The van der Waals surface area contributed by atoms with Gasteiger partial charge in [0.25, 0.3) is 0 Å². The topological polar surface area (TPSA) is 49.4 Å². The van der Waals surface area contributed by atoms with Gasteiger partial charge in [-0.2, -0.15) is 0 Å². The number of rotatable bonds is 6. The Hall–Kier alpha value is -2.69. The Kier molecular flexibility index (Phi) is 6.22. The van der Waals surface area contributed by atoms with E-state index in [1.807, 2.05) is 24.3 Å². The van der Waals surface area contributed by atoms with Crippen molar-refractivity contribution in [3.8, 4) is 0 Å². The highest BCUT2D eigenvalue weighted by atomic mass is 19.1. The number of carbonyl (C=O) groups is 2. The molecule has 0 aromatic heterocycles. The number of hydrogen-bond acceptors (Lipinski definition) is 2. The minimum absolute atomic E-state index is 0.00564. The Morgan fingerprint density at radius 2 is 1.89 bits per heavy atom. The lowest BCUT2D eigenvalue weighted by atomic mass is 10.1. The van der Waals surface area contributed by atoms with Crippen LogP contribution >= 0.6 is 0 Å². The largest absolute Gasteiger partial charge is 0.354 e. The molecule has 0 saturated heterocycles. The number of amides is 2. The molecule has 0 bridgehead atoms. The molecule has 1 aliphatic rings. The molecule has 2 aromatic rings. The Morgan fingerprint density at radius 1 is 1.15 bits per heavy atom. The van der Waals surface area contributed by atoms with E-state index < -0.39 is 6.04 Å². The van der Waals surface area contributed by atoms with Crippen LogP contribution in [0.15, 0.2) is 48.5 Å². The van der Waals surface area contributed by atoms with E-state index in [9.17, 15) is 14.0 Å². The Balaban J connectivity index is 1.57. The molecule has 0 spiro atoms. The van der Waals surface area contributed by atoms with Crippen LogP contribution in [-0.4, -0.2) is 24.4 Å². The molecular weight excluding hydrogens is 343 g/mol. The van der Waals surface area contributed by atoms with Crippen LogP contribution in [0.5, 0.6) is 0 Å². The Bertz CT molecular complexity index is 804. The first-order chi connectivity index (χ1) is 13.1. The molecule has 5 heteroatoms. The van der Waals surface area contributed by atoms with E-state index in [1.54, 1.807) is 24.0 Å². The predicted octanol–water partition coefficient (Wildman–Crippen LogP) is 3.63. The van der Waals surface area contributed by atoms with E-state index in [2.05, 4.69) is 5.32 Å². The summed E-state index contributed by atoms with van der Waals surface area (Å²) in [4.78, 5) is 26.8. The van der Waals surface area contributed by atoms with E-state index in [0.717, 1.165) is 42.5 Å². The molecule has 142 valence electrons. The van der Waals surface area contributed by atoms with Gasteiger partial charge in [-0.1, -0.05) is 30.3 Å². The highest BCUT2D eigenvalue weighted by molar-refractivity contribution is 6.01. The van der Waals surface area contributed by atoms with Crippen LogP contribution in [0.1, 0.15) is 37.3 Å². The van der Waals surface area contributed by atoms with Crippen molar-refractivity contribution < 1.29 is 14.0 Å². The summed E-state index contributed by atoms with van der Waals surface area (Å²) in [5, 5.41) is 2.93. The number of carbonyl (C=O) groups excluding carboxylic acids is 2. The van der Waals surface area contributed by atoms with E-state index >= 15 is 0 Å². The van der Waals surface area contributed by atoms with Gasteiger partial charge in [0.15, 0.2) is 0 Å². The monoisotopic (exact) mass is 368 g/mol. The molecule has 1 atom stereocenters. The molecule has 0 fully saturated rings. The van der Waals surface area contributed by atoms with Crippen LogP contribution in [0.25, 0.3) is 0 Å². The number of hydrogen-bond donors (Lipinski definition) is 1. The number of nitrogens with one attached hydrogen (secondary N) is 1. The lowest BCUT2D eigenvalue weighted by molar-refractivity contribution is -0.126. The molecule has 0 unspecified atom stereocenters. The average Bonchev–Trinajstić information content (AvgIpc) is 2.84. The number of nitrogens with zero attached hydrogens (tertiary/aromatic N) is 1. The van der Waals surface area contributed by atoms with Gasteiger partial charge in [-0.25, -0.2) is 4.39 Å². The fourth-order valence-corrected chi connectivity index (χ4v) is 3.49. The summed E-state index contributed by atoms with van der Waals surface area (Å²) in [6.07, 6.45) is 3.63. The van der Waals surface area contributed by atoms with Gasteiger partial charge in [0.1, 0.15) is 11.9 Å². The zero-order chi connectivity index (χ0) is 19.2. The fourth-order valence-electron chi connectivity index (χ4n) is 3.49. The Labute approximate surface area is 159 Å². The molecule has 0 aliphatic carbocycles. The highest BCUT2D eigenvalue weighted by Crippen LogP contribution is 2.28. The molecule has 0 radical (unpaired) electrons. The van der Waals surface area contributed by atoms with Gasteiger partial charge in [0.05, 0.1) is 0 Å². The lowest BCUT2D eigenvalue weighted by Crippen LogP contribution is -2.48. The summed E-state index contributed by atoms with van der Waals surface area (Å²) >= 11 is 0. The molecular formula is C22H25FN2O2. The third-order valence-electron chi connectivity index (χ3n) is 4.98. The molecule has 2 amide bonds.